The molecule has 0 aliphatic heterocycles. The van der Waals surface area contributed by atoms with Gasteiger partial charge in [0, 0.05) is 18.6 Å². The van der Waals surface area contributed by atoms with Crippen LogP contribution in [0.25, 0.3) is 0 Å². The van der Waals surface area contributed by atoms with Crippen molar-refractivity contribution in [3.63, 3.8) is 0 Å². The second kappa shape index (κ2) is 4.97. The van der Waals surface area contributed by atoms with Crippen molar-refractivity contribution in [3.05, 3.63) is 0 Å². The molecule has 0 saturated heterocycles. The smallest absolute Gasteiger partial charge is 0.158 e. The van der Waals surface area contributed by atoms with Crippen molar-refractivity contribution in [2.75, 3.05) is 13.2 Å². The van der Waals surface area contributed by atoms with Crippen molar-refractivity contribution in [2.24, 2.45) is 10.8 Å². The standard InChI is InChI=1S/C13H21NO2/c1-4-16-9-8-13(10-14)7-5-6-12(2,3)11(13)15/h4-9H2,1-3H3. The molecule has 1 aliphatic rings. The summed E-state index contributed by atoms with van der Waals surface area (Å²) in [6, 6.07) is 2.25. The summed E-state index contributed by atoms with van der Waals surface area (Å²) in [6.07, 6.45) is 3.08. The molecule has 1 aliphatic carbocycles. The molecule has 0 spiro atoms. The molecule has 0 amide bonds. The summed E-state index contributed by atoms with van der Waals surface area (Å²) in [5, 5.41) is 9.32. The summed E-state index contributed by atoms with van der Waals surface area (Å²) in [6.45, 7) is 6.96. The minimum atomic E-state index is -0.795. The molecular formula is C13H21NO2. The fourth-order valence-electron chi connectivity index (χ4n) is 2.50. The van der Waals surface area contributed by atoms with Gasteiger partial charge in [-0.25, -0.2) is 0 Å². The number of hydrogen-bond acceptors (Lipinski definition) is 3. The monoisotopic (exact) mass is 223 g/mol. The molecule has 3 nitrogen and oxygen atoms in total. The molecule has 0 radical (unpaired) electrons. The van der Waals surface area contributed by atoms with Crippen LogP contribution in [0, 0.1) is 22.2 Å². The van der Waals surface area contributed by atoms with Crippen LogP contribution in [0.3, 0.4) is 0 Å². The Labute approximate surface area is 97.8 Å². The predicted octanol–water partition coefficient (Wildman–Crippen LogP) is 2.70. The fourth-order valence-corrected chi connectivity index (χ4v) is 2.50. The molecule has 1 fully saturated rings. The lowest BCUT2D eigenvalue weighted by molar-refractivity contribution is -0.139. The fraction of sp³-hybridized carbons (Fsp3) is 0.846. The molecular weight excluding hydrogens is 202 g/mol. The van der Waals surface area contributed by atoms with E-state index < -0.39 is 5.41 Å². The first kappa shape index (κ1) is 13.2. The van der Waals surface area contributed by atoms with Gasteiger partial charge in [0.25, 0.3) is 0 Å². The highest BCUT2D eigenvalue weighted by Gasteiger charge is 2.48. The quantitative estimate of drug-likeness (QED) is 0.688. The lowest BCUT2D eigenvalue weighted by atomic mass is 9.62. The molecule has 0 heterocycles. The van der Waals surface area contributed by atoms with Crippen molar-refractivity contribution >= 4 is 5.78 Å². The highest BCUT2D eigenvalue weighted by Crippen LogP contribution is 2.44. The molecule has 16 heavy (non-hydrogen) atoms. The average Bonchev–Trinajstić information content (AvgIpc) is 2.25. The van der Waals surface area contributed by atoms with E-state index in [9.17, 15) is 10.1 Å². The normalized spacial score (nSPS) is 28.8. The molecule has 3 heteroatoms. The number of carbonyl (C=O) groups is 1. The zero-order valence-electron chi connectivity index (χ0n) is 10.5. The summed E-state index contributed by atoms with van der Waals surface area (Å²) < 4.78 is 5.28. The summed E-state index contributed by atoms with van der Waals surface area (Å²) in [5.74, 6) is 0.105. The molecule has 0 N–H and O–H groups in total. The number of nitriles is 1. The van der Waals surface area contributed by atoms with E-state index in [2.05, 4.69) is 6.07 Å². The molecule has 1 unspecified atom stereocenters. The third kappa shape index (κ3) is 2.44. The molecule has 1 saturated carbocycles. The van der Waals surface area contributed by atoms with Crippen LogP contribution in [0.1, 0.15) is 46.5 Å². The van der Waals surface area contributed by atoms with Crippen LogP contribution in [-0.4, -0.2) is 19.0 Å². The molecule has 1 rings (SSSR count). The van der Waals surface area contributed by atoms with Gasteiger partial charge in [0.05, 0.1) is 6.07 Å². The van der Waals surface area contributed by atoms with E-state index in [0.29, 0.717) is 26.1 Å². The molecule has 0 bridgehead atoms. The number of carbonyl (C=O) groups excluding carboxylic acids is 1. The molecule has 0 aromatic rings. The van der Waals surface area contributed by atoms with E-state index in [1.54, 1.807) is 0 Å². The van der Waals surface area contributed by atoms with Crippen molar-refractivity contribution in [3.8, 4) is 6.07 Å². The first-order chi connectivity index (χ1) is 7.48. The first-order valence-corrected chi connectivity index (χ1v) is 6.02. The Morgan fingerprint density at radius 1 is 1.44 bits per heavy atom. The summed E-state index contributed by atoms with van der Waals surface area (Å²) in [7, 11) is 0. The number of Topliss-reactive ketones (excluding diaryl/α,β-unsaturated/α-hetero) is 1. The number of nitrogens with zero attached hydrogens (tertiary/aromatic N) is 1. The van der Waals surface area contributed by atoms with Crippen LogP contribution in [0.5, 0.6) is 0 Å². The maximum Gasteiger partial charge on any atom is 0.158 e. The van der Waals surface area contributed by atoms with Gasteiger partial charge in [-0.1, -0.05) is 20.3 Å². The topological polar surface area (TPSA) is 50.1 Å². The highest BCUT2D eigenvalue weighted by molar-refractivity contribution is 5.92. The van der Waals surface area contributed by atoms with Gasteiger partial charge in [-0.2, -0.15) is 5.26 Å². The Balaban J connectivity index is 2.78. The van der Waals surface area contributed by atoms with Crippen molar-refractivity contribution < 1.29 is 9.53 Å². The molecule has 90 valence electrons. The maximum absolute atomic E-state index is 12.3. The van der Waals surface area contributed by atoms with Crippen molar-refractivity contribution in [2.45, 2.75) is 46.5 Å². The second-order valence-electron chi connectivity index (χ2n) is 5.21. The van der Waals surface area contributed by atoms with Gasteiger partial charge in [-0.15, -0.1) is 0 Å². The SMILES string of the molecule is CCOCCC1(C#N)CCCC(C)(C)C1=O. The van der Waals surface area contributed by atoms with Crippen LogP contribution in [-0.2, 0) is 9.53 Å². The minimum absolute atomic E-state index is 0.105. The zero-order valence-corrected chi connectivity index (χ0v) is 10.5. The second-order valence-corrected chi connectivity index (χ2v) is 5.21. The van der Waals surface area contributed by atoms with Gasteiger partial charge in [0.15, 0.2) is 5.78 Å². The van der Waals surface area contributed by atoms with E-state index in [-0.39, 0.29) is 11.2 Å². The number of ether oxygens (including phenoxy) is 1. The van der Waals surface area contributed by atoms with E-state index in [1.807, 2.05) is 20.8 Å². The lowest BCUT2D eigenvalue weighted by Gasteiger charge is -2.38. The van der Waals surface area contributed by atoms with E-state index in [4.69, 9.17) is 4.74 Å². The van der Waals surface area contributed by atoms with Crippen LogP contribution in [0.4, 0.5) is 0 Å². The van der Waals surface area contributed by atoms with Gasteiger partial charge < -0.3 is 4.74 Å². The minimum Gasteiger partial charge on any atom is -0.382 e. The summed E-state index contributed by atoms with van der Waals surface area (Å²) in [4.78, 5) is 12.3. The Kier molecular flexibility index (Phi) is 4.09. The third-order valence-corrected chi connectivity index (χ3v) is 3.55. The molecule has 0 aromatic heterocycles. The Bertz CT molecular complexity index is 304. The summed E-state index contributed by atoms with van der Waals surface area (Å²) in [5.41, 5.74) is -1.14. The lowest BCUT2D eigenvalue weighted by Crippen LogP contribution is -2.44. The largest absolute Gasteiger partial charge is 0.382 e. The van der Waals surface area contributed by atoms with Crippen LogP contribution in [0.2, 0.25) is 0 Å². The van der Waals surface area contributed by atoms with Gasteiger partial charge in [-0.05, 0) is 26.2 Å². The third-order valence-electron chi connectivity index (χ3n) is 3.55. The molecule has 0 aromatic carbocycles. The Morgan fingerprint density at radius 2 is 2.12 bits per heavy atom. The average molecular weight is 223 g/mol. The van der Waals surface area contributed by atoms with E-state index in [0.717, 1.165) is 12.8 Å². The Morgan fingerprint density at radius 3 is 2.69 bits per heavy atom. The van der Waals surface area contributed by atoms with Crippen LogP contribution < -0.4 is 0 Å². The van der Waals surface area contributed by atoms with Gasteiger partial charge in [0.1, 0.15) is 5.41 Å². The van der Waals surface area contributed by atoms with E-state index >= 15 is 0 Å². The number of rotatable bonds is 4. The van der Waals surface area contributed by atoms with Gasteiger partial charge in [-0.3, -0.25) is 4.79 Å². The number of ketones is 1. The zero-order chi connectivity index (χ0) is 12.2. The highest BCUT2D eigenvalue weighted by atomic mass is 16.5. The van der Waals surface area contributed by atoms with Gasteiger partial charge in [0.2, 0.25) is 0 Å². The van der Waals surface area contributed by atoms with Gasteiger partial charge >= 0.3 is 0 Å². The predicted molar refractivity (Wildman–Crippen MR) is 61.8 cm³/mol. The van der Waals surface area contributed by atoms with E-state index in [1.165, 1.54) is 0 Å². The first-order valence-electron chi connectivity index (χ1n) is 6.02. The van der Waals surface area contributed by atoms with Crippen molar-refractivity contribution in [1.29, 1.82) is 5.26 Å². The maximum atomic E-state index is 12.3. The Hall–Kier alpha value is -0.880. The van der Waals surface area contributed by atoms with Crippen molar-refractivity contribution in [1.82, 2.24) is 0 Å². The number of hydrogen-bond donors (Lipinski definition) is 0. The molecule has 1 atom stereocenters. The summed E-state index contributed by atoms with van der Waals surface area (Å²) >= 11 is 0. The van der Waals surface area contributed by atoms with Crippen LogP contribution in [0.15, 0.2) is 0 Å². The van der Waals surface area contributed by atoms with Crippen LogP contribution >= 0.6 is 0 Å².